The number of hydrogen-bond donors (Lipinski definition) is 1. The van der Waals surface area contributed by atoms with Crippen molar-refractivity contribution in [2.45, 2.75) is 19.8 Å². The number of likely N-dealkylation sites (N-methyl/N-ethyl adjacent to an activating group) is 1. The minimum absolute atomic E-state index is 0.833. The largest absolute Gasteiger partial charge is 0.493 e. The molecule has 0 spiro atoms. The molecule has 0 bridgehead atoms. The van der Waals surface area contributed by atoms with E-state index in [1.807, 2.05) is 7.05 Å². The van der Waals surface area contributed by atoms with Crippen LogP contribution in [-0.2, 0) is 6.42 Å². The Labute approximate surface area is 97.3 Å². The molecule has 16 heavy (non-hydrogen) atoms. The molecule has 1 aliphatic rings. The van der Waals surface area contributed by atoms with Crippen molar-refractivity contribution in [2.75, 3.05) is 20.2 Å². The molecule has 2 heteroatoms. The van der Waals surface area contributed by atoms with Crippen LogP contribution in [0.1, 0.15) is 24.5 Å². The average molecular weight is 217 g/mol. The lowest BCUT2D eigenvalue weighted by Gasteiger charge is -2.05. The maximum atomic E-state index is 5.50. The highest BCUT2D eigenvalue weighted by molar-refractivity contribution is 5.57. The van der Waals surface area contributed by atoms with Gasteiger partial charge in [-0.2, -0.15) is 0 Å². The molecule has 0 fully saturated rings. The van der Waals surface area contributed by atoms with Crippen molar-refractivity contribution < 1.29 is 4.74 Å². The van der Waals surface area contributed by atoms with Crippen molar-refractivity contribution in [3.63, 3.8) is 0 Å². The van der Waals surface area contributed by atoms with E-state index >= 15 is 0 Å². The molecular formula is C14H19NO. The van der Waals surface area contributed by atoms with Crippen LogP contribution in [0.4, 0.5) is 0 Å². The zero-order chi connectivity index (χ0) is 11.4. The number of rotatable bonds is 4. The summed E-state index contributed by atoms with van der Waals surface area (Å²) in [7, 11) is 1.99. The van der Waals surface area contributed by atoms with Crippen molar-refractivity contribution >= 4 is 6.08 Å². The van der Waals surface area contributed by atoms with Gasteiger partial charge in [-0.25, -0.2) is 0 Å². The first kappa shape index (κ1) is 11.2. The van der Waals surface area contributed by atoms with Crippen molar-refractivity contribution in [1.29, 1.82) is 0 Å². The van der Waals surface area contributed by atoms with Gasteiger partial charge in [0.25, 0.3) is 0 Å². The Balaban J connectivity index is 2.20. The van der Waals surface area contributed by atoms with Crippen molar-refractivity contribution in [3.8, 4) is 5.75 Å². The van der Waals surface area contributed by atoms with E-state index in [0.717, 1.165) is 31.7 Å². The van der Waals surface area contributed by atoms with Gasteiger partial charge in [0, 0.05) is 13.0 Å². The Hall–Kier alpha value is -1.28. The second-order valence-electron chi connectivity index (χ2n) is 4.15. The molecule has 1 aromatic carbocycles. The lowest BCUT2D eigenvalue weighted by molar-refractivity contribution is 0.357. The summed E-state index contributed by atoms with van der Waals surface area (Å²) in [6.07, 6.45) is 4.41. The van der Waals surface area contributed by atoms with Gasteiger partial charge in [-0.05, 0) is 36.7 Å². The molecule has 1 heterocycles. The van der Waals surface area contributed by atoms with Crippen LogP contribution >= 0.6 is 0 Å². The maximum absolute atomic E-state index is 5.50. The van der Waals surface area contributed by atoms with Crippen LogP contribution in [0.3, 0.4) is 0 Å². The molecule has 0 aliphatic carbocycles. The normalized spacial score (nSPS) is 14.8. The summed E-state index contributed by atoms with van der Waals surface area (Å²) in [5.41, 5.74) is 4.06. The Morgan fingerprint density at radius 1 is 1.50 bits per heavy atom. The highest BCUT2D eigenvalue weighted by atomic mass is 16.5. The van der Waals surface area contributed by atoms with Crippen LogP contribution in [0.5, 0.6) is 5.75 Å². The number of benzene rings is 1. The van der Waals surface area contributed by atoms with Gasteiger partial charge in [0.15, 0.2) is 0 Å². The number of nitrogens with one attached hydrogen (secondary N) is 1. The Morgan fingerprint density at radius 2 is 2.38 bits per heavy atom. The van der Waals surface area contributed by atoms with Crippen molar-refractivity contribution in [3.05, 3.63) is 34.9 Å². The van der Waals surface area contributed by atoms with Gasteiger partial charge >= 0.3 is 0 Å². The molecular weight excluding hydrogens is 198 g/mol. The first-order chi connectivity index (χ1) is 7.83. The lowest BCUT2D eigenvalue weighted by atomic mass is 10.0. The third-order valence-electron chi connectivity index (χ3n) is 2.94. The minimum atomic E-state index is 0.833. The number of fused-ring (bicyclic) bond motifs is 1. The van der Waals surface area contributed by atoms with E-state index in [9.17, 15) is 0 Å². The third kappa shape index (κ3) is 2.45. The summed E-state index contributed by atoms with van der Waals surface area (Å²) in [5.74, 6) is 1.06. The molecule has 0 saturated carbocycles. The van der Waals surface area contributed by atoms with Crippen LogP contribution < -0.4 is 10.1 Å². The second kappa shape index (κ2) is 5.17. The summed E-state index contributed by atoms with van der Waals surface area (Å²) < 4.78 is 5.50. The van der Waals surface area contributed by atoms with Gasteiger partial charge in [0.05, 0.1) is 6.61 Å². The third-order valence-corrected chi connectivity index (χ3v) is 2.94. The van der Waals surface area contributed by atoms with Gasteiger partial charge < -0.3 is 10.1 Å². The molecule has 1 N–H and O–H groups in total. The quantitative estimate of drug-likeness (QED) is 0.837. The fourth-order valence-corrected chi connectivity index (χ4v) is 2.04. The van der Waals surface area contributed by atoms with E-state index < -0.39 is 0 Å². The van der Waals surface area contributed by atoms with Gasteiger partial charge in [0.1, 0.15) is 5.75 Å². The minimum Gasteiger partial charge on any atom is -0.493 e. The SMILES string of the molecule is CCC(=Cc1ccc2c(c1)CCO2)CNC. The van der Waals surface area contributed by atoms with Crippen LogP contribution in [0.25, 0.3) is 6.08 Å². The Morgan fingerprint density at radius 3 is 3.12 bits per heavy atom. The zero-order valence-corrected chi connectivity index (χ0v) is 10.0. The van der Waals surface area contributed by atoms with E-state index in [-0.39, 0.29) is 0 Å². The molecule has 2 rings (SSSR count). The van der Waals surface area contributed by atoms with Crippen molar-refractivity contribution in [1.82, 2.24) is 5.32 Å². The number of hydrogen-bond acceptors (Lipinski definition) is 2. The molecule has 86 valence electrons. The van der Waals surface area contributed by atoms with Crippen molar-refractivity contribution in [2.24, 2.45) is 0 Å². The molecule has 2 nitrogen and oxygen atoms in total. The fourth-order valence-electron chi connectivity index (χ4n) is 2.04. The number of ether oxygens (including phenoxy) is 1. The van der Waals surface area contributed by atoms with E-state index in [1.165, 1.54) is 16.7 Å². The monoisotopic (exact) mass is 217 g/mol. The molecule has 0 radical (unpaired) electrons. The first-order valence-electron chi connectivity index (χ1n) is 5.93. The molecule has 0 atom stereocenters. The van der Waals surface area contributed by atoms with Gasteiger partial charge in [0.2, 0.25) is 0 Å². The zero-order valence-electron chi connectivity index (χ0n) is 10.0. The summed E-state index contributed by atoms with van der Waals surface area (Å²) in [6, 6.07) is 6.46. The Kier molecular flexibility index (Phi) is 3.62. The summed E-state index contributed by atoms with van der Waals surface area (Å²) in [6.45, 7) is 3.99. The van der Waals surface area contributed by atoms with Gasteiger partial charge in [-0.3, -0.25) is 0 Å². The maximum Gasteiger partial charge on any atom is 0.122 e. The predicted molar refractivity (Wildman–Crippen MR) is 67.8 cm³/mol. The van der Waals surface area contributed by atoms with Crippen LogP contribution in [0, 0.1) is 0 Å². The molecule has 1 aromatic rings. The van der Waals surface area contributed by atoms with E-state index in [2.05, 4.69) is 36.5 Å². The van der Waals surface area contributed by atoms with Gasteiger partial charge in [-0.15, -0.1) is 0 Å². The summed E-state index contributed by atoms with van der Waals surface area (Å²) in [4.78, 5) is 0. The molecule has 0 aromatic heterocycles. The highest BCUT2D eigenvalue weighted by Crippen LogP contribution is 2.26. The van der Waals surface area contributed by atoms with Crippen LogP contribution in [0.2, 0.25) is 0 Å². The van der Waals surface area contributed by atoms with Crippen LogP contribution in [-0.4, -0.2) is 20.2 Å². The Bertz CT molecular complexity index is 396. The predicted octanol–water partition coefficient (Wildman–Crippen LogP) is 2.63. The highest BCUT2D eigenvalue weighted by Gasteiger charge is 2.11. The molecule has 0 amide bonds. The summed E-state index contributed by atoms with van der Waals surface area (Å²) >= 11 is 0. The van der Waals surface area contributed by atoms with E-state index in [0.29, 0.717) is 0 Å². The summed E-state index contributed by atoms with van der Waals surface area (Å²) in [5, 5.41) is 3.20. The smallest absolute Gasteiger partial charge is 0.122 e. The molecule has 1 aliphatic heterocycles. The lowest BCUT2D eigenvalue weighted by Crippen LogP contribution is -2.09. The first-order valence-corrected chi connectivity index (χ1v) is 5.93. The van der Waals surface area contributed by atoms with Crippen LogP contribution in [0.15, 0.2) is 23.8 Å². The topological polar surface area (TPSA) is 21.3 Å². The standard InChI is InChI=1S/C14H19NO/c1-3-11(10-15-2)8-12-4-5-14-13(9-12)6-7-16-14/h4-5,8-9,15H,3,6-7,10H2,1-2H3. The average Bonchev–Trinajstić information content (AvgIpc) is 2.75. The molecule has 0 saturated heterocycles. The molecule has 0 unspecified atom stereocenters. The van der Waals surface area contributed by atoms with Gasteiger partial charge in [-0.1, -0.05) is 24.6 Å². The second-order valence-corrected chi connectivity index (χ2v) is 4.15. The van der Waals surface area contributed by atoms with E-state index in [4.69, 9.17) is 4.74 Å². The fraction of sp³-hybridized carbons (Fsp3) is 0.429. The van der Waals surface area contributed by atoms with E-state index in [1.54, 1.807) is 0 Å².